The quantitative estimate of drug-likeness (QED) is 0.0162. The molecular weight excluding hydrogens is 963 g/mol. The molecule has 1 amide bonds. The van der Waals surface area contributed by atoms with Gasteiger partial charge in [0.25, 0.3) is 16.1 Å². The molecule has 0 radical (unpaired) electrons. The first kappa shape index (κ1) is 53.6. The second-order valence-corrected chi connectivity index (χ2v) is 17.2. The molecule has 390 valence electrons. The van der Waals surface area contributed by atoms with Crippen LogP contribution in [0, 0.1) is 20.2 Å². The molecule has 0 saturated carbocycles. The zero-order chi connectivity index (χ0) is 52.2. The monoisotopic (exact) mass is 1020 g/mol. The average Bonchev–Trinajstić information content (AvgIpc) is 3.40. The number of hydrogen-bond acceptors (Lipinski definition) is 17. The number of carbonyl (C=O) groups is 2. The number of ether oxygens (including phenoxy) is 8. The van der Waals surface area contributed by atoms with Gasteiger partial charge < -0.3 is 62.4 Å². The number of methoxy groups -OCH3 is 1. The van der Waals surface area contributed by atoms with E-state index in [2.05, 4.69) is 16.3 Å². The molecule has 1 aliphatic heterocycles. The van der Waals surface area contributed by atoms with Crippen LogP contribution in [0.3, 0.4) is 0 Å². The number of phenols is 1. The molecule has 2 aliphatic rings. The lowest BCUT2D eigenvalue weighted by Crippen LogP contribution is -2.55. The van der Waals surface area contributed by atoms with Crippen LogP contribution in [0.4, 0.5) is 4.79 Å². The average molecular weight is 1020 g/mol. The van der Waals surface area contributed by atoms with Crippen molar-refractivity contribution in [2.45, 2.75) is 69.7 Å². The van der Waals surface area contributed by atoms with Crippen LogP contribution in [0.15, 0.2) is 145 Å². The molecule has 1 N–H and O–H groups in total. The number of fused-ring (bicyclic) bond motifs is 1. The van der Waals surface area contributed by atoms with Crippen molar-refractivity contribution < 1.29 is 72.4 Å². The van der Waals surface area contributed by atoms with E-state index in [0.29, 0.717) is 72.7 Å². The Morgan fingerprint density at radius 3 is 2.35 bits per heavy atom. The minimum absolute atomic E-state index is 0.0196. The Kier molecular flexibility index (Phi) is 19.6. The minimum Gasteiger partial charge on any atom is -0.508 e. The first-order chi connectivity index (χ1) is 35.9. The second kappa shape index (κ2) is 27.0. The highest BCUT2D eigenvalue weighted by molar-refractivity contribution is 5.89. The number of nitrogens with zero attached hydrogens (tertiary/aromatic N) is 3. The van der Waals surface area contributed by atoms with Gasteiger partial charge in [0, 0.05) is 29.7 Å². The van der Waals surface area contributed by atoms with Crippen LogP contribution < -0.4 is 14.2 Å². The zero-order valence-electron chi connectivity index (χ0n) is 40.7. The van der Waals surface area contributed by atoms with Gasteiger partial charge in [-0.15, -0.1) is 20.2 Å². The van der Waals surface area contributed by atoms with E-state index in [1.165, 1.54) is 11.0 Å². The molecule has 20 nitrogen and oxygen atoms in total. The molecule has 5 aromatic carbocycles. The predicted molar refractivity (Wildman–Crippen MR) is 266 cm³/mol. The summed E-state index contributed by atoms with van der Waals surface area (Å²) in [5.74, 6) is 1.18. The SMILES string of the molecule is C=C(OC1=CCCC(CO[N+](=O)[O-])=C1)OC(CC=O)COC1CN(C(=O)Oc2cccc(CO[N+](=O)[O-])c2)CC(OCc2cc(OC)c3ccccc3c2)C1c1ccc(OCCCOCc2ccccc2O)cc1. The largest absolute Gasteiger partial charge is 0.508 e. The van der Waals surface area contributed by atoms with Crippen LogP contribution >= 0.6 is 0 Å². The molecule has 5 aromatic rings. The molecule has 0 spiro atoms. The van der Waals surface area contributed by atoms with E-state index < -0.39 is 40.5 Å². The molecule has 4 unspecified atom stereocenters. The minimum atomic E-state index is -0.917. The molecule has 7 rings (SSSR count). The predicted octanol–water partition coefficient (Wildman–Crippen LogP) is 9.09. The first-order valence-electron chi connectivity index (χ1n) is 23.8. The normalized spacial score (nSPS) is 16.7. The molecule has 1 aliphatic carbocycles. The maximum atomic E-state index is 14.2. The number of benzene rings is 5. The number of likely N-dealkylation sites (tertiary alicyclic amines) is 1. The number of carbonyl (C=O) groups excluding carboxylic acids is 2. The lowest BCUT2D eigenvalue weighted by atomic mass is 9.84. The smallest absolute Gasteiger partial charge is 0.415 e. The van der Waals surface area contributed by atoms with Gasteiger partial charge in [0.15, 0.2) is 0 Å². The fourth-order valence-corrected chi connectivity index (χ4v) is 8.48. The third-order valence-electron chi connectivity index (χ3n) is 12.0. The van der Waals surface area contributed by atoms with Crippen LogP contribution in [0.25, 0.3) is 10.8 Å². The summed E-state index contributed by atoms with van der Waals surface area (Å²) < 4.78 is 48.9. The fourth-order valence-electron chi connectivity index (χ4n) is 8.48. The van der Waals surface area contributed by atoms with E-state index in [9.17, 15) is 34.9 Å². The van der Waals surface area contributed by atoms with Gasteiger partial charge in [0.2, 0.25) is 0 Å². The van der Waals surface area contributed by atoms with Crippen molar-refractivity contribution in [2.75, 3.05) is 46.6 Å². The van der Waals surface area contributed by atoms with Crippen molar-refractivity contribution in [2.24, 2.45) is 0 Å². The standard InChI is InChI=1S/C54H57N3O17/c1-37(72-45-14-7-10-38(27-45)33-70-56(61)62)73-47(22-23-58)36-69-52-31-55(54(60)74-46-15-8-11-39(28-46)34-71-57(63)64)30-51(68-32-40-26-42-12-3-5-16-48(42)50(29-40)65-2)53(52)41-18-20-44(21-19-41)67-25-9-24-66-35-43-13-4-6-17-49(43)59/h3-6,8,11-21,23,26-29,47,51-53,59H,1,7,9-10,22,24-25,30-36H2,2H3. The van der Waals surface area contributed by atoms with E-state index in [-0.39, 0.29) is 70.0 Å². The van der Waals surface area contributed by atoms with Crippen LogP contribution in [-0.4, -0.2) is 97.5 Å². The van der Waals surface area contributed by atoms with Gasteiger partial charge in [0.1, 0.15) is 54.4 Å². The molecule has 20 heteroatoms. The molecular formula is C54H57N3O17. The van der Waals surface area contributed by atoms with Gasteiger partial charge >= 0.3 is 6.09 Å². The van der Waals surface area contributed by atoms with Crippen LogP contribution in [0.5, 0.6) is 23.0 Å². The van der Waals surface area contributed by atoms with Crippen molar-refractivity contribution in [1.29, 1.82) is 0 Å². The Morgan fingerprint density at radius 2 is 1.58 bits per heavy atom. The lowest BCUT2D eigenvalue weighted by Gasteiger charge is -2.43. The number of para-hydroxylation sites is 1. The summed E-state index contributed by atoms with van der Waals surface area (Å²) in [6, 6.07) is 32.3. The number of amides is 1. The molecule has 0 aromatic heterocycles. The number of aromatic hydroxyl groups is 1. The summed E-state index contributed by atoms with van der Waals surface area (Å²) in [5.41, 5.74) is 3.31. The fraction of sp³-hybridized carbons (Fsp3) is 0.333. The van der Waals surface area contributed by atoms with Gasteiger partial charge in [-0.25, -0.2) is 4.79 Å². The first-order valence-corrected chi connectivity index (χ1v) is 23.8. The van der Waals surface area contributed by atoms with Crippen LogP contribution in [-0.2, 0) is 58.0 Å². The number of phenolic OH excluding ortho intramolecular Hbond substituents is 1. The lowest BCUT2D eigenvalue weighted by molar-refractivity contribution is -0.763. The Bertz CT molecular complexity index is 2780. The topological polar surface area (TPSA) is 236 Å². The highest BCUT2D eigenvalue weighted by atomic mass is 17.0. The maximum absolute atomic E-state index is 14.2. The van der Waals surface area contributed by atoms with Gasteiger partial charge in [-0.05, 0) is 102 Å². The molecule has 1 fully saturated rings. The summed E-state index contributed by atoms with van der Waals surface area (Å²) in [6.07, 6.45) is 2.33. The number of allylic oxidation sites excluding steroid dienone is 2. The number of rotatable bonds is 28. The van der Waals surface area contributed by atoms with E-state index in [0.717, 1.165) is 21.9 Å². The maximum Gasteiger partial charge on any atom is 0.415 e. The molecule has 1 heterocycles. The zero-order valence-corrected chi connectivity index (χ0v) is 40.7. The van der Waals surface area contributed by atoms with Gasteiger partial charge in [0.05, 0.1) is 65.4 Å². The number of hydrogen-bond donors (Lipinski definition) is 1. The van der Waals surface area contributed by atoms with Crippen LogP contribution in [0.2, 0.25) is 0 Å². The summed E-state index contributed by atoms with van der Waals surface area (Å²) >= 11 is 0. The summed E-state index contributed by atoms with van der Waals surface area (Å²) in [5, 5.41) is 31.8. The van der Waals surface area contributed by atoms with Crippen molar-refractivity contribution in [1.82, 2.24) is 4.90 Å². The summed E-state index contributed by atoms with van der Waals surface area (Å²) in [7, 11) is 1.60. The third-order valence-corrected chi connectivity index (χ3v) is 12.0. The highest BCUT2D eigenvalue weighted by Crippen LogP contribution is 2.36. The van der Waals surface area contributed by atoms with Crippen molar-refractivity contribution >= 4 is 23.2 Å². The van der Waals surface area contributed by atoms with Gasteiger partial charge in [-0.2, -0.15) is 0 Å². The van der Waals surface area contributed by atoms with Crippen LogP contribution in [0.1, 0.15) is 53.9 Å². The van der Waals surface area contributed by atoms with Crippen molar-refractivity contribution in [3.63, 3.8) is 0 Å². The Morgan fingerprint density at radius 1 is 0.824 bits per heavy atom. The highest BCUT2D eigenvalue weighted by Gasteiger charge is 2.42. The van der Waals surface area contributed by atoms with Crippen molar-refractivity contribution in [3.8, 4) is 23.0 Å². The number of aldehydes is 1. The van der Waals surface area contributed by atoms with Crippen molar-refractivity contribution in [3.05, 3.63) is 188 Å². The molecule has 0 bridgehead atoms. The molecule has 1 saturated heterocycles. The van der Waals surface area contributed by atoms with E-state index in [1.54, 1.807) is 55.7 Å². The van der Waals surface area contributed by atoms with E-state index in [1.807, 2.05) is 66.7 Å². The summed E-state index contributed by atoms with van der Waals surface area (Å²) in [4.78, 5) is 58.5. The second-order valence-electron chi connectivity index (χ2n) is 17.2. The number of piperidine rings is 1. The molecule has 74 heavy (non-hydrogen) atoms. The molecule has 4 atom stereocenters. The third kappa shape index (κ3) is 15.9. The Balaban J connectivity index is 1.13. The Hall–Kier alpha value is -8.20. The van der Waals surface area contributed by atoms with Gasteiger partial charge in [-0.1, -0.05) is 66.7 Å². The summed E-state index contributed by atoms with van der Waals surface area (Å²) in [6.45, 7) is 4.27. The van der Waals surface area contributed by atoms with E-state index in [4.69, 9.17) is 37.9 Å². The Labute approximate surface area is 426 Å². The van der Waals surface area contributed by atoms with E-state index >= 15 is 0 Å². The van der Waals surface area contributed by atoms with Gasteiger partial charge in [-0.3, -0.25) is 0 Å².